The molecule has 0 aliphatic carbocycles. The highest BCUT2D eigenvalue weighted by atomic mass is 16.5. The molecule has 1 aromatic carbocycles. The molecule has 0 saturated carbocycles. The second-order valence-corrected chi connectivity index (χ2v) is 6.90. The summed E-state index contributed by atoms with van der Waals surface area (Å²) in [6.07, 6.45) is 2.91. The quantitative estimate of drug-likeness (QED) is 0.650. The van der Waals surface area contributed by atoms with E-state index in [1.807, 2.05) is 64.3 Å². The molecule has 142 valence electrons. The summed E-state index contributed by atoms with van der Waals surface area (Å²) in [6, 6.07) is 9.56. The lowest BCUT2D eigenvalue weighted by atomic mass is 10.0. The van der Waals surface area contributed by atoms with Crippen molar-refractivity contribution in [1.82, 2.24) is 20.1 Å². The molecule has 0 bridgehead atoms. The van der Waals surface area contributed by atoms with Crippen molar-refractivity contribution in [2.24, 2.45) is 7.05 Å². The number of aryl methyl sites for hydroxylation is 2. The van der Waals surface area contributed by atoms with Crippen LogP contribution in [-0.2, 0) is 11.8 Å². The molecule has 3 aromatic rings. The molecule has 0 fully saturated rings. The van der Waals surface area contributed by atoms with E-state index < -0.39 is 0 Å². The predicted octanol–water partition coefficient (Wildman–Crippen LogP) is 3.49. The lowest BCUT2D eigenvalue weighted by Crippen LogP contribution is -2.26. The topological polar surface area (TPSA) is 69.0 Å². The van der Waals surface area contributed by atoms with Gasteiger partial charge in [0.15, 0.2) is 0 Å². The maximum Gasteiger partial charge on any atom is 0.252 e. The number of rotatable bonds is 7. The summed E-state index contributed by atoms with van der Waals surface area (Å²) in [7, 11) is 1.88. The zero-order valence-electron chi connectivity index (χ0n) is 16.3. The van der Waals surface area contributed by atoms with Crippen molar-refractivity contribution < 1.29 is 9.53 Å². The number of pyridine rings is 1. The number of hydrogen-bond donors (Lipinski definition) is 1. The summed E-state index contributed by atoms with van der Waals surface area (Å²) in [5, 5.41) is 8.23. The number of hydrogen-bond acceptors (Lipinski definition) is 4. The largest absolute Gasteiger partial charge is 0.379 e. The van der Waals surface area contributed by atoms with E-state index in [0.717, 1.165) is 34.3 Å². The van der Waals surface area contributed by atoms with Crippen molar-refractivity contribution in [2.45, 2.75) is 33.3 Å². The van der Waals surface area contributed by atoms with Crippen molar-refractivity contribution in [3.63, 3.8) is 0 Å². The van der Waals surface area contributed by atoms with Crippen LogP contribution in [0.4, 0.5) is 0 Å². The van der Waals surface area contributed by atoms with Crippen LogP contribution in [-0.4, -0.2) is 39.9 Å². The number of carbonyl (C=O) groups is 1. The number of aromatic nitrogens is 3. The first kappa shape index (κ1) is 19.0. The Bertz CT molecular complexity index is 947. The second kappa shape index (κ2) is 8.31. The molecule has 0 unspecified atom stereocenters. The summed E-state index contributed by atoms with van der Waals surface area (Å²) >= 11 is 0. The van der Waals surface area contributed by atoms with E-state index >= 15 is 0 Å². The van der Waals surface area contributed by atoms with Crippen LogP contribution in [0.1, 0.15) is 36.3 Å². The summed E-state index contributed by atoms with van der Waals surface area (Å²) in [6.45, 7) is 7.16. The van der Waals surface area contributed by atoms with Crippen LogP contribution in [0.2, 0.25) is 0 Å². The number of carbonyl (C=O) groups excluding carboxylic acids is 1. The number of para-hydroxylation sites is 1. The molecule has 27 heavy (non-hydrogen) atoms. The minimum atomic E-state index is -0.0964. The molecular weight excluding hydrogens is 340 g/mol. The fourth-order valence-corrected chi connectivity index (χ4v) is 3.04. The second-order valence-electron chi connectivity index (χ2n) is 6.90. The van der Waals surface area contributed by atoms with Gasteiger partial charge in [-0.3, -0.25) is 9.48 Å². The highest BCUT2D eigenvalue weighted by Gasteiger charge is 2.15. The zero-order chi connectivity index (χ0) is 19.4. The normalized spacial score (nSPS) is 11.3. The van der Waals surface area contributed by atoms with Gasteiger partial charge in [-0.05, 0) is 39.3 Å². The number of benzene rings is 1. The van der Waals surface area contributed by atoms with E-state index in [-0.39, 0.29) is 12.0 Å². The summed E-state index contributed by atoms with van der Waals surface area (Å²) in [5.41, 5.74) is 4.00. The average Bonchev–Trinajstić information content (AvgIpc) is 2.98. The third-order valence-electron chi connectivity index (χ3n) is 4.31. The van der Waals surface area contributed by atoms with Crippen molar-refractivity contribution >= 4 is 16.8 Å². The first-order chi connectivity index (χ1) is 13.0. The monoisotopic (exact) mass is 366 g/mol. The minimum Gasteiger partial charge on any atom is -0.379 e. The van der Waals surface area contributed by atoms with Gasteiger partial charge in [0.2, 0.25) is 0 Å². The van der Waals surface area contributed by atoms with E-state index in [2.05, 4.69) is 10.4 Å². The Kier molecular flexibility index (Phi) is 5.86. The van der Waals surface area contributed by atoms with Crippen molar-refractivity contribution in [2.75, 3.05) is 13.2 Å². The first-order valence-corrected chi connectivity index (χ1v) is 9.26. The minimum absolute atomic E-state index is 0.0964. The van der Waals surface area contributed by atoms with Crippen LogP contribution in [0.5, 0.6) is 0 Å². The number of nitrogens with zero attached hydrogens (tertiary/aromatic N) is 3. The highest BCUT2D eigenvalue weighted by Crippen LogP contribution is 2.26. The summed E-state index contributed by atoms with van der Waals surface area (Å²) < 4.78 is 7.28. The standard InChI is InChI=1S/C21H26N4O2/c1-14(2)27-11-7-10-22-21(26)17-12-20(18-13-25(4)24-15(18)3)23-19-9-6-5-8-16(17)19/h5-6,8-9,12-14H,7,10-11H2,1-4H3,(H,22,26). The maximum absolute atomic E-state index is 12.8. The maximum atomic E-state index is 12.8. The Morgan fingerprint density at radius 1 is 1.30 bits per heavy atom. The van der Waals surface area contributed by atoms with Crippen LogP contribution in [0.3, 0.4) is 0 Å². The van der Waals surface area contributed by atoms with Crippen molar-refractivity contribution in [3.8, 4) is 11.3 Å². The van der Waals surface area contributed by atoms with Gasteiger partial charge in [-0.25, -0.2) is 4.98 Å². The summed E-state index contributed by atoms with van der Waals surface area (Å²) in [4.78, 5) is 17.6. The van der Waals surface area contributed by atoms with Gasteiger partial charge in [0.05, 0.1) is 28.6 Å². The molecule has 0 atom stereocenters. The SMILES string of the molecule is Cc1nn(C)cc1-c1cc(C(=O)NCCCOC(C)C)c2ccccc2n1. The van der Waals surface area contributed by atoms with Crippen LogP contribution in [0.15, 0.2) is 36.5 Å². The van der Waals surface area contributed by atoms with Gasteiger partial charge < -0.3 is 10.1 Å². The van der Waals surface area contributed by atoms with Gasteiger partial charge in [-0.1, -0.05) is 18.2 Å². The molecule has 0 aliphatic heterocycles. The molecule has 2 aromatic heterocycles. The lowest BCUT2D eigenvalue weighted by Gasteiger charge is -2.11. The molecule has 0 radical (unpaired) electrons. The van der Waals surface area contributed by atoms with E-state index in [9.17, 15) is 4.79 Å². The van der Waals surface area contributed by atoms with Gasteiger partial charge in [-0.2, -0.15) is 5.10 Å². The van der Waals surface area contributed by atoms with Crippen LogP contribution < -0.4 is 5.32 Å². The van der Waals surface area contributed by atoms with Gasteiger partial charge in [0, 0.05) is 37.3 Å². The van der Waals surface area contributed by atoms with E-state index in [0.29, 0.717) is 18.7 Å². The predicted molar refractivity (Wildman–Crippen MR) is 107 cm³/mol. The van der Waals surface area contributed by atoms with Gasteiger partial charge in [0.25, 0.3) is 5.91 Å². The lowest BCUT2D eigenvalue weighted by molar-refractivity contribution is 0.0757. The fraction of sp³-hybridized carbons (Fsp3) is 0.381. The molecule has 0 aliphatic rings. The number of nitrogens with one attached hydrogen (secondary N) is 1. The molecule has 1 amide bonds. The van der Waals surface area contributed by atoms with Crippen LogP contribution in [0, 0.1) is 6.92 Å². The molecule has 0 saturated heterocycles. The Morgan fingerprint density at radius 3 is 2.78 bits per heavy atom. The van der Waals surface area contributed by atoms with E-state index in [1.54, 1.807) is 4.68 Å². The Balaban J connectivity index is 1.87. The zero-order valence-corrected chi connectivity index (χ0v) is 16.3. The Morgan fingerprint density at radius 2 is 2.07 bits per heavy atom. The van der Waals surface area contributed by atoms with Crippen LogP contribution >= 0.6 is 0 Å². The van der Waals surface area contributed by atoms with Crippen molar-refractivity contribution in [3.05, 3.63) is 47.8 Å². The van der Waals surface area contributed by atoms with Gasteiger partial charge in [0.1, 0.15) is 0 Å². The molecule has 6 heteroatoms. The number of ether oxygens (including phenoxy) is 1. The number of amides is 1. The summed E-state index contributed by atoms with van der Waals surface area (Å²) in [5.74, 6) is -0.0964. The third-order valence-corrected chi connectivity index (χ3v) is 4.31. The molecule has 2 heterocycles. The molecule has 3 rings (SSSR count). The van der Waals surface area contributed by atoms with Gasteiger partial charge in [-0.15, -0.1) is 0 Å². The molecule has 1 N–H and O–H groups in total. The van der Waals surface area contributed by atoms with E-state index in [4.69, 9.17) is 9.72 Å². The van der Waals surface area contributed by atoms with Gasteiger partial charge >= 0.3 is 0 Å². The highest BCUT2D eigenvalue weighted by molar-refractivity contribution is 6.07. The number of fused-ring (bicyclic) bond motifs is 1. The van der Waals surface area contributed by atoms with E-state index in [1.165, 1.54) is 0 Å². The average molecular weight is 366 g/mol. The third kappa shape index (κ3) is 4.52. The Hall–Kier alpha value is -2.73. The molecule has 0 spiro atoms. The Labute approximate surface area is 159 Å². The van der Waals surface area contributed by atoms with Crippen LogP contribution in [0.25, 0.3) is 22.2 Å². The first-order valence-electron chi connectivity index (χ1n) is 9.26. The fourth-order valence-electron chi connectivity index (χ4n) is 3.04. The smallest absolute Gasteiger partial charge is 0.252 e. The molecule has 6 nitrogen and oxygen atoms in total. The molecular formula is C21H26N4O2. The van der Waals surface area contributed by atoms with Crippen molar-refractivity contribution in [1.29, 1.82) is 0 Å².